The number of rotatable bonds is 9. The minimum absolute atomic E-state index is 0.0714. The Bertz CT molecular complexity index is 922. The molecule has 28 heavy (non-hydrogen) atoms. The Morgan fingerprint density at radius 1 is 1.18 bits per heavy atom. The molecule has 6 N–H and O–H groups in total. The van der Waals surface area contributed by atoms with Crippen LogP contribution < -0.4 is 27.7 Å². The van der Waals surface area contributed by atoms with Crippen LogP contribution in [0.1, 0.15) is 36.5 Å². The highest BCUT2D eigenvalue weighted by atomic mass is 16.4. The summed E-state index contributed by atoms with van der Waals surface area (Å²) in [6, 6.07) is 6.84. The highest BCUT2D eigenvalue weighted by Gasteiger charge is 2.19. The molecule has 150 valence electrons. The first kappa shape index (κ1) is 21.1. The van der Waals surface area contributed by atoms with Crippen LogP contribution in [-0.4, -0.2) is 36.3 Å². The number of carbonyl (C=O) groups is 3. The smallest absolute Gasteiger partial charge is 0.349 e. The van der Waals surface area contributed by atoms with E-state index in [0.29, 0.717) is 30.2 Å². The molecule has 0 aliphatic heterocycles. The molecule has 9 heteroatoms. The molecule has 3 amide bonds. The van der Waals surface area contributed by atoms with Crippen LogP contribution in [0.15, 0.2) is 39.5 Å². The summed E-state index contributed by atoms with van der Waals surface area (Å²) < 4.78 is 5.14. The van der Waals surface area contributed by atoms with Crippen LogP contribution in [0.3, 0.4) is 0 Å². The van der Waals surface area contributed by atoms with E-state index in [1.54, 1.807) is 24.3 Å². The lowest BCUT2D eigenvalue weighted by Gasteiger charge is -2.16. The lowest BCUT2D eigenvalue weighted by Crippen LogP contribution is -2.49. The number of benzene rings is 1. The van der Waals surface area contributed by atoms with Gasteiger partial charge in [0.05, 0.1) is 6.04 Å². The van der Waals surface area contributed by atoms with E-state index in [0.717, 1.165) is 0 Å². The van der Waals surface area contributed by atoms with Gasteiger partial charge >= 0.3 is 5.63 Å². The molecule has 0 radical (unpaired) electrons. The molecule has 0 bridgehead atoms. The summed E-state index contributed by atoms with van der Waals surface area (Å²) in [5.41, 5.74) is 10.4. The zero-order valence-electron chi connectivity index (χ0n) is 15.6. The van der Waals surface area contributed by atoms with Crippen LogP contribution in [0.25, 0.3) is 11.0 Å². The van der Waals surface area contributed by atoms with Crippen molar-refractivity contribution in [2.75, 3.05) is 6.54 Å². The third-order valence-corrected chi connectivity index (χ3v) is 4.16. The zero-order chi connectivity index (χ0) is 20.7. The van der Waals surface area contributed by atoms with Crippen molar-refractivity contribution in [2.45, 2.75) is 38.3 Å². The Balaban J connectivity index is 1.84. The molecule has 1 aromatic heterocycles. The maximum atomic E-state index is 12.2. The molecule has 0 aliphatic rings. The van der Waals surface area contributed by atoms with Gasteiger partial charge in [0.1, 0.15) is 17.2 Å². The van der Waals surface area contributed by atoms with Crippen molar-refractivity contribution in [3.05, 3.63) is 46.3 Å². The largest absolute Gasteiger partial charge is 0.422 e. The number of nitrogens with two attached hydrogens (primary N) is 2. The summed E-state index contributed by atoms with van der Waals surface area (Å²) in [6.07, 6.45) is 1.38. The molecule has 0 spiro atoms. The molecule has 1 heterocycles. The summed E-state index contributed by atoms with van der Waals surface area (Å²) in [5.74, 6) is -1.64. The van der Waals surface area contributed by atoms with Crippen molar-refractivity contribution >= 4 is 28.7 Å². The normalized spacial score (nSPS) is 12.9. The van der Waals surface area contributed by atoms with Crippen molar-refractivity contribution in [3.63, 3.8) is 0 Å². The maximum Gasteiger partial charge on any atom is 0.349 e. The number of para-hydroxylation sites is 1. The second-order valence-electron chi connectivity index (χ2n) is 6.49. The highest BCUT2D eigenvalue weighted by molar-refractivity contribution is 5.96. The maximum absolute atomic E-state index is 12.2. The third kappa shape index (κ3) is 5.65. The summed E-state index contributed by atoms with van der Waals surface area (Å²) >= 11 is 0. The molecule has 9 nitrogen and oxygen atoms in total. The van der Waals surface area contributed by atoms with Crippen LogP contribution in [0.4, 0.5) is 0 Å². The predicted octanol–water partition coefficient (Wildman–Crippen LogP) is 0.0104. The van der Waals surface area contributed by atoms with E-state index in [2.05, 4.69) is 10.6 Å². The molecular weight excluding hydrogens is 364 g/mol. The molecule has 2 atom stereocenters. The Morgan fingerprint density at radius 2 is 1.89 bits per heavy atom. The second kappa shape index (κ2) is 9.65. The Labute approximate surface area is 161 Å². The number of amides is 3. The van der Waals surface area contributed by atoms with Crippen molar-refractivity contribution in [1.82, 2.24) is 10.6 Å². The molecule has 0 aliphatic carbocycles. The first-order chi connectivity index (χ1) is 13.3. The van der Waals surface area contributed by atoms with Crippen LogP contribution in [0, 0.1) is 0 Å². The first-order valence-corrected chi connectivity index (χ1v) is 8.96. The fourth-order valence-electron chi connectivity index (χ4n) is 2.58. The van der Waals surface area contributed by atoms with Gasteiger partial charge in [0, 0.05) is 11.9 Å². The van der Waals surface area contributed by atoms with Gasteiger partial charge in [-0.15, -0.1) is 0 Å². The monoisotopic (exact) mass is 388 g/mol. The van der Waals surface area contributed by atoms with Gasteiger partial charge in [0.2, 0.25) is 11.8 Å². The second-order valence-corrected chi connectivity index (χ2v) is 6.49. The topological polar surface area (TPSA) is 158 Å². The standard InChI is InChI=1S/C19H24N4O5/c1-11(20)17(25)23-14(16(21)24)7-4-5-9-22-18(26)13-10-12-6-2-3-8-15(12)28-19(13)27/h2-3,6,8,10-11,14H,4-5,7,9,20H2,1H3,(H2,21,24)(H,22,26)(H,23,25)/t11-,14-/m0/s1. The van der Waals surface area contributed by atoms with Crippen molar-refractivity contribution in [3.8, 4) is 0 Å². The van der Waals surface area contributed by atoms with Gasteiger partial charge in [-0.1, -0.05) is 18.2 Å². The van der Waals surface area contributed by atoms with Crippen LogP contribution in [0.2, 0.25) is 0 Å². The lowest BCUT2D eigenvalue weighted by molar-refractivity contribution is -0.128. The summed E-state index contributed by atoms with van der Waals surface area (Å²) in [5, 5.41) is 5.78. The fourth-order valence-corrected chi connectivity index (χ4v) is 2.58. The van der Waals surface area contributed by atoms with Crippen LogP contribution >= 0.6 is 0 Å². The van der Waals surface area contributed by atoms with Gasteiger partial charge in [0.15, 0.2) is 0 Å². The average molecular weight is 388 g/mol. The number of primary amides is 1. The molecule has 2 rings (SSSR count). The van der Waals surface area contributed by atoms with Gasteiger partial charge < -0.3 is 26.5 Å². The van der Waals surface area contributed by atoms with E-state index in [1.807, 2.05) is 0 Å². The van der Waals surface area contributed by atoms with Gasteiger partial charge in [-0.25, -0.2) is 4.79 Å². The van der Waals surface area contributed by atoms with Crippen molar-refractivity contribution < 1.29 is 18.8 Å². The number of hydrogen-bond donors (Lipinski definition) is 4. The predicted molar refractivity (Wildman–Crippen MR) is 103 cm³/mol. The van der Waals surface area contributed by atoms with E-state index >= 15 is 0 Å². The molecule has 2 aromatic rings. The minimum Gasteiger partial charge on any atom is -0.422 e. The van der Waals surface area contributed by atoms with Gasteiger partial charge in [-0.3, -0.25) is 14.4 Å². The number of fused-ring (bicyclic) bond motifs is 1. The number of hydrogen-bond acceptors (Lipinski definition) is 6. The lowest BCUT2D eigenvalue weighted by atomic mass is 10.1. The van der Waals surface area contributed by atoms with E-state index in [1.165, 1.54) is 13.0 Å². The van der Waals surface area contributed by atoms with Crippen LogP contribution in [0.5, 0.6) is 0 Å². The van der Waals surface area contributed by atoms with Gasteiger partial charge in [-0.2, -0.15) is 0 Å². The Morgan fingerprint density at radius 3 is 2.57 bits per heavy atom. The highest BCUT2D eigenvalue weighted by Crippen LogP contribution is 2.12. The zero-order valence-corrected chi connectivity index (χ0v) is 15.6. The van der Waals surface area contributed by atoms with E-state index in [9.17, 15) is 19.2 Å². The number of unbranched alkanes of at least 4 members (excludes halogenated alkanes) is 1. The van der Waals surface area contributed by atoms with Crippen LogP contribution in [-0.2, 0) is 9.59 Å². The number of carbonyl (C=O) groups excluding carboxylic acids is 3. The Hall–Kier alpha value is -3.20. The molecule has 1 aromatic carbocycles. The fraction of sp³-hybridized carbons (Fsp3) is 0.368. The summed E-state index contributed by atoms with van der Waals surface area (Å²) in [4.78, 5) is 47.2. The van der Waals surface area contributed by atoms with Crippen molar-refractivity contribution in [2.24, 2.45) is 11.5 Å². The van der Waals surface area contributed by atoms with Gasteiger partial charge in [0.25, 0.3) is 5.91 Å². The number of nitrogens with one attached hydrogen (secondary N) is 2. The van der Waals surface area contributed by atoms with Crippen molar-refractivity contribution in [1.29, 1.82) is 0 Å². The quantitative estimate of drug-likeness (QED) is 0.350. The minimum atomic E-state index is -0.818. The van der Waals surface area contributed by atoms with E-state index < -0.39 is 35.4 Å². The van der Waals surface area contributed by atoms with E-state index in [-0.39, 0.29) is 12.1 Å². The molecule has 0 fully saturated rings. The third-order valence-electron chi connectivity index (χ3n) is 4.16. The first-order valence-electron chi connectivity index (χ1n) is 8.96. The average Bonchev–Trinajstić information content (AvgIpc) is 2.65. The van der Waals surface area contributed by atoms with Gasteiger partial charge in [-0.05, 0) is 38.3 Å². The Kier molecular flexibility index (Phi) is 7.28. The molecular formula is C19H24N4O5. The summed E-state index contributed by atoms with van der Waals surface area (Å²) in [6.45, 7) is 1.80. The molecule has 0 saturated carbocycles. The molecule has 0 saturated heterocycles. The van der Waals surface area contributed by atoms with E-state index in [4.69, 9.17) is 15.9 Å². The summed E-state index contributed by atoms with van der Waals surface area (Å²) in [7, 11) is 0. The SMILES string of the molecule is C[C@H](N)C(=O)N[C@@H](CCCCNC(=O)c1cc2ccccc2oc1=O)C(N)=O. The molecule has 0 unspecified atom stereocenters.